The molecule has 0 rings (SSSR count). The molecule has 11 heavy (non-hydrogen) atoms. The molecule has 5 nitrogen and oxygen atoms in total. The molecule has 4 N–H and O–H groups in total. The third-order valence-corrected chi connectivity index (χ3v) is 1.90. The predicted octanol–water partition coefficient (Wildman–Crippen LogP) is -0.0195. The van der Waals surface area contributed by atoms with Crippen molar-refractivity contribution in [2.45, 2.75) is 19.3 Å². The summed E-state index contributed by atoms with van der Waals surface area (Å²) in [5, 5.41) is 6.79. The van der Waals surface area contributed by atoms with E-state index in [1.165, 1.54) is 0 Å². The Labute approximate surface area is 65.9 Å². The molecular weight excluding hydrogens is 168 g/mol. The van der Waals surface area contributed by atoms with Gasteiger partial charge in [-0.05, 0) is 12.8 Å². The minimum absolute atomic E-state index is 0.0420. The average molecular weight is 180 g/mol. The van der Waals surface area contributed by atoms with Crippen LogP contribution in [0.15, 0.2) is 0 Å². The standard InChI is InChI=1S/C5H12N2O3S/c6-5(7)3-1-2-4-11(8,9)10/h1-4H2,(H3,6,7)(H,8,9,10). The summed E-state index contributed by atoms with van der Waals surface area (Å²) in [6, 6.07) is 0. The van der Waals surface area contributed by atoms with Gasteiger partial charge < -0.3 is 5.73 Å². The van der Waals surface area contributed by atoms with E-state index in [0.717, 1.165) is 0 Å². The lowest BCUT2D eigenvalue weighted by Gasteiger charge is -1.96. The molecular formula is C5H12N2O3S. The van der Waals surface area contributed by atoms with Crippen molar-refractivity contribution in [3.8, 4) is 0 Å². The fourth-order valence-corrected chi connectivity index (χ4v) is 1.17. The first-order valence-corrected chi connectivity index (χ1v) is 4.81. The molecule has 0 bridgehead atoms. The van der Waals surface area contributed by atoms with Crippen LogP contribution < -0.4 is 5.73 Å². The monoisotopic (exact) mass is 180 g/mol. The van der Waals surface area contributed by atoms with Crippen LogP contribution in [0.25, 0.3) is 0 Å². The van der Waals surface area contributed by atoms with Crippen molar-refractivity contribution in [2.75, 3.05) is 5.75 Å². The van der Waals surface area contributed by atoms with Gasteiger partial charge in [0.15, 0.2) is 0 Å². The summed E-state index contributed by atoms with van der Waals surface area (Å²) in [6.45, 7) is 0. The van der Waals surface area contributed by atoms with Crippen molar-refractivity contribution in [1.82, 2.24) is 0 Å². The first-order valence-electron chi connectivity index (χ1n) is 3.20. The number of hydrogen-bond donors (Lipinski definition) is 3. The second-order valence-electron chi connectivity index (χ2n) is 2.27. The lowest BCUT2D eigenvalue weighted by atomic mass is 10.2. The Kier molecular flexibility index (Phi) is 4.06. The average Bonchev–Trinajstić information content (AvgIpc) is 1.78. The number of nitrogens with two attached hydrogens (primary N) is 1. The van der Waals surface area contributed by atoms with Gasteiger partial charge in [-0.1, -0.05) is 0 Å². The van der Waals surface area contributed by atoms with Crippen LogP contribution in [0, 0.1) is 5.41 Å². The summed E-state index contributed by atoms with van der Waals surface area (Å²) in [7, 11) is -3.83. The highest BCUT2D eigenvalue weighted by atomic mass is 32.2. The molecule has 0 fully saturated rings. The zero-order valence-corrected chi connectivity index (χ0v) is 6.89. The second-order valence-corrected chi connectivity index (χ2v) is 3.84. The second kappa shape index (κ2) is 4.30. The van der Waals surface area contributed by atoms with Gasteiger partial charge in [-0.2, -0.15) is 8.42 Å². The Morgan fingerprint density at radius 3 is 2.36 bits per heavy atom. The van der Waals surface area contributed by atoms with Crippen molar-refractivity contribution in [1.29, 1.82) is 5.41 Å². The number of nitrogens with one attached hydrogen (secondary N) is 1. The van der Waals surface area contributed by atoms with Crippen LogP contribution in [-0.4, -0.2) is 24.6 Å². The Hall–Kier alpha value is -0.620. The molecule has 66 valence electrons. The van der Waals surface area contributed by atoms with Crippen molar-refractivity contribution in [3.63, 3.8) is 0 Å². The van der Waals surface area contributed by atoms with E-state index < -0.39 is 10.1 Å². The van der Waals surface area contributed by atoms with Crippen molar-refractivity contribution in [2.24, 2.45) is 5.73 Å². The maximum absolute atomic E-state index is 10.1. The van der Waals surface area contributed by atoms with Crippen molar-refractivity contribution in [3.05, 3.63) is 0 Å². The first-order chi connectivity index (χ1) is 4.92. The molecule has 0 aliphatic rings. The Morgan fingerprint density at radius 1 is 1.45 bits per heavy atom. The molecule has 0 aromatic heterocycles. The molecule has 0 saturated heterocycles. The van der Waals surface area contributed by atoms with Crippen molar-refractivity contribution >= 4 is 16.0 Å². The molecule has 0 radical (unpaired) electrons. The molecule has 6 heteroatoms. The topological polar surface area (TPSA) is 104 Å². The van der Waals surface area contributed by atoms with Gasteiger partial charge in [0.2, 0.25) is 0 Å². The molecule has 0 atom stereocenters. The molecule has 0 aliphatic carbocycles. The Balaban J connectivity index is 3.37. The molecule has 0 saturated carbocycles. The molecule has 0 spiro atoms. The highest BCUT2D eigenvalue weighted by Crippen LogP contribution is 1.97. The van der Waals surface area contributed by atoms with E-state index in [9.17, 15) is 8.42 Å². The molecule has 0 aliphatic heterocycles. The van der Waals surface area contributed by atoms with Gasteiger partial charge in [0.25, 0.3) is 10.1 Å². The van der Waals surface area contributed by atoms with E-state index in [1.807, 2.05) is 0 Å². The lowest BCUT2D eigenvalue weighted by molar-refractivity contribution is 0.480. The zero-order valence-electron chi connectivity index (χ0n) is 6.08. The molecule has 0 aromatic carbocycles. The summed E-state index contributed by atoms with van der Waals surface area (Å²) < 4.78 is 28.6. The van der Waals surface area contributed by atoms with E-state index in [-0.39, 0.29) is 11.6 Å². The van der Waals surface area contributed by atoms with Crippen LogP contribution in [0.3, 0.4) is 0 Å². The normalized spacial score (nSPS) is 11.4. The van der Waals surface area contributed by atoms with Crippen LogP contribution in [-0.2, 0) is 10.1 Å². The van der Waals surface area contributed by atoms with E-state index in [4.69, 9.17) is 15.7 Å². The number of unbranched alkanes of at least 4 members (excludes halogenated alkanes) is 1. The van der Waals surface area contributed by atoms with Gasteiger partial charge in [-0.15, -0.1) is 0 Å². The van der Waals surface area contributed by atoms with E-state index in [0.29, 0.717) is 19.3 Å². The Morgan fingerprint density at radius 2 is 2.00 bits per heavy atom. The summed E-state index contributed by atoms with van der Waals surface area (Å²) in [5.74, 6) is -0.208. The predicted molar refractivity (Wildman–Crippen MR) is 42.2 cm³/mol. The lowest BCUT2D eigenvalue weighted by Crippen LogP contribution is -2.10. The van der Waals surface area contributed by atoms with Gasteiger partial charge in [0.05, 0.1) is 11.6 Å². The van der Waals surface area contributed by atoms with Gasteiger partial charge in [-0.3, -0.25) is 9.96 Å². The zero-order chi connectivity index (χ0) is 8.91. The maximum atomic E-state index is 10.1. The number of amidine groups is 1. The SMILES string of the molecule is N=C(N)CCCCS(=O)(=O)O. The fourth-order valence-electron chi connectivity index (χ4n) is 0.600. The molecule has 0 heterocycles. The molecule has 0 unspecified atom stereocenters. The highest BCUT2D eigenvalue weighted by Gasteiger charge is 2.02. The van der Waals surface area contributed by atoms with E-state index in [2.05, 4.69) is 0 Å². The minimum atomic E-state index is -3.83. The van der Waals surface area contributed by atoms with Crippen LogP contribution in [0.5, 0.6) is 0 Å². The smallest absolute Gasteiger partial charge is 0.264 e. The summed E-state index contributed by atoms with van der Waals surface area (Å²) in [5.41, 5.74) is 5.01. The molecule has 0 aromatic rings. The van der Waals surface area contributed by atoms with Gasteiger partial charge >= 0.3 is 0 Å². The highest BCUT2D eigenvalue weighted by molar-refractivity contribution is 7.85. The van der Waals surface area contributed by atoms with Crippen molar-refractivity contribution < 1.29 is 13.0 Å². The minimum Gasteiger partial charge on any atom is -0.388 e. The number of rotatable bonds is 5. The Bertz CT molecular complexity index is 222. The van der Waals surface area contributed by atoms with Crippen LogP contribution in [0.2, 0.25) is 0 Å². The third-order valence-electron chi connectivity index (χ3n) is 1.10. The van der Waals surface area contributed by atoms with Crippen LogP contribution in [0.4, 0.5) is 0 Å². The summed E-state index contributed by atoms with van der Waals surface area (Å²) >= 11 is 0. The van der Waals surface area contributed by atoms with Crippen LogP contribution in [0.1, 0.15) is 19.3 Å². The van der Waals surface area contributed by atoms with Gasteiger partial charge in [0, 0.05) is 6.42 Å². The van der Waals surface area contributed by atoms with Gasteiger partial charge in [-0.25, -0.2) is 0 Å². The maximum Gasteiger partial charge on any atom is 0.264 e. The number of hydrogen-bond acceptors (Lipinski definition) is 3. The largest absolute Gasteiger partial charge is 0.388 e. The summed E-state index contributed by atoms with van der Waals surface area (Å²) in [6.07, 6.45) is 1.25. The van der Waals surface area contributed by atoms with E-state index >= 15 is 0 Å². The first kappa shape index (κ1) is 10.4. The fraction of sp³-hybridized carbons (Fsp3) is 0.800. The molecule has 0 amide bonds. The summed E-state index contributed by atoms with van der Waals surface area (Å²) in [4.78, 5) is 0. The quantitative estimate of drug-likeness (QED) is 0.239. The van der Waals surface area contributed by atoms with Crippen LogP contribution >= 0.6 is 0 Å². The third kappa shape index (κ3) is 9.38. The van der Waals surface area contributed by atoms with E-state index in [1.54, 1.807) is 0 Å². The van der Waals surface area contributed by atoms with Gasteiger partial charge in [0.1, 0.15) is 0 Å².